The number of hydrogen-bond donors (Lipinski definition) is 1. The van der Waals surface area contributed by atoms with Gasteiger partial charge < -0.3 is 28.9 Å². The summed E-state index contributed by atoms with van der Waals surface area (Å²) in [5, 5.41) is 8.99. The van der Waals surface area contributed by atoms with Crippen molar-refractivity contribution in [2.75, 3.05) is 45.9 Å². The second-order valence-corrected chi connectivity index (χ2v) is 11.1. The second kappa shape index (κ2) is 12.5. The van der Waals surface area contributed by atoms with Crippen LogP contribution in [0.25, 0.3) is 0 Å². The number of carboxylic acids is 1. The standard InChI is InChI=1S/C28H37N5O7/c1-28(2,3)40-27(38)31-9-6-22(7-10-31)32-12-13-33(25(35)17-32)16-23(34)20-4-5-24(39-18-26(36)37)21(14-20)15-30-11-8-29-19-30/h4-5,8,11,14,19,22H,6-7,9-10,12-13,15-18H2,1-3H3,(H,36,37). The summed E-state index contributed by atoms with van der Waals surface area (Å²) in [7, 11) is 0. The average Bonchev–Trinajstić information content (AvgIpc) is 3.41. The molecule has 2 amide bonds. The van der Waals surface area contributed by atoms with Crippen LogP contribution in [0.2, 0.25) is 0 Å². The van der Waals surface area contributed by atoms with E-state index in [1.165, 1.54) is 0 Å². The molecule has 40 heavy (non-hydrogen) atoms. The molecule has 2 aliphatic heterocycles. The fraction of sp³-hybridized carbons (Fsp3) is 0.536. The predicted molar refractivity (Wildman–Crippen MR) is 144 cm³/mol. The number of hydrogen-bond acceptors (Lipinski definition) is 8. The number of carbonyl (C=O) groups is 4. The number of benzene rings is 1. The molecular formula is C28H37N5O7. The lowest BCUT2D eigenvalue weighted by Gasteiger charge is -2.42. The number of carboxylic acid groups (broad SMARTS) is 1. The van der Waals surface area contributed by atoms with Gasteiger partial charge in [-0.1, -0.05) is 0 Å². The van der Waals surface area contributed by atoms with Gasteiger partial charge >= 0.3 is 12.1 Å². The third-order valence-corrected chi connectivity index (χ3v) is 6.96. The Kier molecular flexibility index (Phi) is 9.08. The summed E-state index contributed by atoms with van der Waals surface area (Å²) in [6.45, 7) is 7.85. The first kappa shape index (κ1) is 29.1. The minimum Gasteiger partial charge on any atom is -0.482 e. The molecule has 2 saturated heterocycles. The molecule has 0 unspecified atom stereocenters. The van der Waals surface area contributed by atoms with Gasteiger partial charge in [-0.2, -0.15) is 0 Å². The molecule has 12 heteroatoms. The maximum atomic E-state index is 13.2. The predicted octanol–water partition coefficient (Wildman–Crippen LogP) is 2.12. The smallest absolute Gasteiger partial charge is 0.410 e. The number of ether oxygens (including phenoxy) is 2. The number of amides is 2. The number of ketones is 1. The first-order chi connectivity index (χ1) is 19.0. The minimum atomic E-state index is -1.10. The summed E-state index contributed by atoms with van der Waals surface area (Å²) in [6.07, 6.45) is 6.23. The number of Topliss-reactive ketones (excluding diaryl/α,β-unsaturated/α-hetero) is 1. The van der Waals surface area contributed by atoms with Crippen LogP contribution in [-0.4, -0.2) is 111 Å². The van der Waals surface area contributed by atoms with Crippen molar-refractivity contribution < 1.29 is 33.8 Å². The van der Waals surface area contributed by atoms with Crippen LogP contribution in [0.4, 0.5) is 4.79 Å². The summed E-state index contributed by atoms with van der Waals surface area (Å²) in [5.41, 5.74) is 0.521. The summed E-state index contributed by atoms with van der Waals surface area (Å²) in [4.78, 5) is 59.0. The normalized spacial score (nSPS) is 17.1. The molecule has 0 atom stereocenters. The first-order valence-electron chi connectivity index (χ1n) is 13.4. The molecule has 4 rings (SSSR count). The van der Waals surface area contributed by atoms with E-state index in [1.54, 1.807) is 51.3 Å². The lowest BCUT2D eigenvalue weighted by molar-refractivity contribution is -0.139. The summed E-state index contributed by atoms with van der Waals surface area (Å²) >= 11 is 0. The number of piperazine rings is 1. The minimum absolute atomic E-state index is 0.0381. The Morgan fingerprint density at radius 3 is 2.48 bits per heavy atom. The van der Waals surface area contributed by atoms with E-state index in [2.05, 4.69) is 9.88 Å². The van der Waals surface area contributed by atoms with Gasteiger partial charge in [0.1, 0.15) is 11.4 Å². The Labute approximate surface area is 233 Å². The van der Waals surface area contributed by atoms with E-state index in [0.29, 0.717) is 49.6 Å². The van der Waals surface area contributed by atoms with Crippen LogP contribution in [0.3, 0.4) is 0 Å². The molecule has 0 bridgehead atoms. The van der Waals surface area contributed by atoms with Crippen LogP contribution in [0, 0.1) is 0 Å². The van der Waals surface area contributed by atoms with Gasteiger partial charge in [0.05, 0.1) is 26.0 Å². The van der Waals surface area contributed by atoms with Crippen molar-refractivity contribution in [2.45, 2.75) is 51.8 Å². The van der Waals surface area contributed by atoms with Crippen molar-refractivity contribution >= 4 is 23.8 Å². The van der Waals surface area contributed by atoms with Crippen LogP contribution in [-0.2, 0) is 20.9 Å². The summed E-state index contributed by atoms with van der Waals surface area (Å²) in [6, 6.07) is 5.06. The molecule has 1 aromatic heterocycles. The van der Waals surface area contributed by atoms with Crippen molar-refractivity contribution in [3.63, 3.8) is 0 Å². The van der Waals surface area contributed by atoms with Gasteiger partial charge in [0, 0.05) is 55.7 Å². The maximum Gasteiger partial charge on any atom is 0.410 e. The number of nitrogens with zero attached hydrogens (tertiary/aromatic N) is 5. The van der Waals surface area contributed by atoms with Crippen molar-refractivity contribution in [3.8, 4) is 5.75 Å². The molecule has 2 fully saturated rings. The van der Waals surface area contributed by atoms with Crippen LogP contribution in [0.15, 0.2) is 36.9 Å². The Morgan fingerprint density at radius 1 is 1.10 bits per heavy atom. The highest BCUT2D eigenvalue weighted by atomic mass is 16.6. The van der Waals surface area contributed by atoms with Crippen molar-refractivity contribution in [1.82, 2.24) is 24.3 Å². The summed E-state index contributed by atoms with van der Waals surface area (Å²) < 4.78 is 12.7. The molecule has 216 valence electrons. The first-order valence-corrected chi connectivity index (χ1v) is 13.4. The zero-order valence-corrected chi connectivity index (χ0v) is 23.2. The largest absolute Gasteiger partial charge is 0.482 e. The molecule has 1 aromatic carbocycles. The molecule has 0 radical (unpaired) electrons. The highest BCUT2D eigenvalue weighted by molar-refractivity contribution is 6.00. The van der Waals surface area contributed by atoms with E-state index in [4.69, 9.17) is 14.6 Å². The number of piperidine rings is 1. The Bertz CT molecular complexity index is 1220. The van der Waals surface area contributed by atoms with Gasteiger partial charge in [0.2, 0.25) is 5.91 Å². The molecule has 2 aromatic rings. The van der Waals surface area contributed by atoms with Crippen LogP contribution in [0.5, 0.6) is 5.75 Å². The zero-order valence-electron chi connectivity index (χ0n) is 23.2. The summed E-state index contributed by atoms with van der Waals surface area (Å²) in [5.74, 6) is -1.03. The van der Waals surface area contributed by atoms with Crippen LogP contribution >= 0.6 is 0 Å². The molecule has 1 N–H and O–H groups in total. The highest BCUT2D eigenvalue weighted by Crippen LogP contribution is 2.24. The van der Waals surface area contributed by atoms with Gasteiger partial charge in [0.15, 0.2) is 12.4 Å². The fourth-order valence-corrected chi connectivity index (χ4v) is 4.94. The van der Waals surface area contributed by atoms with Gasteiger partial charge in [-0.05, 0) is 51.8 Å². The van der Waals surface area contributed by atoms with E-state index in [-0.39, 0.29) is 36.9 Å². The van der Waals surface area contributed by atoms with E-state index in [1.807, 2.05) is 20.8 Å². The highest BCUT2D eigenvalue weighted by Gasteiger charge is 2.34. The van der Waals surface area contributed by atoms with E-state index >= 15 is 0 Å². The molecule has 0 saturated carbocycles. The quantitative estimate of drug-likeness (QED) is 0.462. The second-order valence-electron chi connectivity index (χ2n) is 11.1. The third kappa shape index (κ3) is 7.81. The lowest BCUT2D eigenvalue weighted by Crippen LogP contribution is -2.56. The number of rotatable bonds is 9. The van der Waals surface area contributed by atoms with E-state index < -0.39 is 18.2 Å². The van der Waals surface area contributed by atoms with Gasteiger partial charge in [0.25, 0.3) is 0 Å². The Balaban J connectivity index is 1.32. The number of aromatic nitrogens is 2. The van der Waals surface area contributed by atoms with E-state index in [9.17, 15) is 19.2 Å². The van der Waals surface area contributed by atoms with Crippen molar-refractivity contribution in [1.29, 1.82) is 0 Å². The molecular weight excluding hydrogens is 518 g/mol. The number of aliphatic carboxylic acids is 1. The Morgan fingerprint density at radius 2 is 1.85 bits per heavy atom. The monoisotopic (exact) mass is 555 g/mol. The molecule has 3 heterocycles. The van der Waals surface area contributed by atoms with Crippen LogP contribution < -0.4 is 4.74 Å². The van der Waals surface area contributed by atoms with Gasteiger partial charge in [-0.15, -0.1) is 0 Å². The van der Waals surface area contributed by atoms with E-state index in [0.717, 1.165) is 12.8 Å². The van der Waals surface area contributed by atoms with Crippen LogP contribution in [0.1, 0.15) is 49.5 Å². The molecule has 0 aliphatic carbocycles. The average molecular weight is 556 g/mol. The van der Waals surface area contributed by atoms with Crippen molar-refractivity contribution in [3.05, 3.63) is 48.0 Å². The van der Waals surface area contributed by atoms with Crippen molar-refractivity contribution in [2.24, 2.45) is 0 Å². The van der Waals surface area contributed by atoms with Gasteiger partial charge in [-0.25, -0.2) is 14.6 Å². The number of carbonyl (C=O) groups excluding carboxylic acids is 3. The molecule has 2 aliphatic rings. The fourth-order valence-electron chi connectivity index (χ4n) is 4.94. The van der Waals surface area contributed by atoms with Gasteiger partial charge in [-0.3, -0.25) is 14.5 Å². The Hall–Kier alpha value is -3.93. The molecule has 0 spiro atoms. The number of imidazole rings is 1. The maximum absolute atomic E-state index is 13.2. The topological polar surface area (TPSA) is 135 Å². The SMILES string of the molecule is CC(C)(C)OC(=O)N1CCC(N2CCN(CC(=O)c3ccc(OCC(=O)O)c(Cn4ccnc4)c3)C(=O)C2)CC1. The zero-order chi connectivity index (χ0) is 28.9. The molecule has 12 nitrogen and oxygen atoms in total. The third-order valence-electron chi connectivity index (χ3n) is 6.96. The number of likely N-dealkylation sites (tertiary alicyclic amines) is 1. The lowest BCUT2D eigenvalue weighted by atomic mass is 10.0.